The first-order valence-electron chi connectivity index (χ1n) is 10.5. The minimum Gasteiger partial charge on any atom is -0.488 e. The van der Waals surface area contributed by atoms with Crippen LogP contribution in [0.2, 0.25) is 0 Å². The number of pyridine rings is 2. The molecule has 0 spiro atoms. The molecule has 184 valence electrons. The Labute approximate surface area is 197 Å². The SMILES string of the molecule is O=C(Nc1cccc(OC[C@@H](O)CO)n1)N1CCOc2ccc(-c3cccc(C(F)(F)F)c3)nc21. The number of hydrogen-bond donors (Lipinski definition) is 3. The molecular weight excluding hydrogens is 469 g/mol. The van der Waals surface area contributed by atoms with Gasteiger partial charge in [0.2, 0.25) is 5.88 Å². The number of anilines is 2. The molecule has 3 N–H and O–H groups in total. The van der Waals surface area contributed by atoms with Crippen molar-refractivity contribution in [3.05, 3.63) is 60.2 Å². The van der Waals surface area contributed by atoms with Gasteiger partial charge in [-0.25, -0.2) is 9.78 Å². The van der Waals surface area contributed by atoms with E-state index in [0.717, 1.165) is 12.1 Å². The van der Waals surface area contributed by atoms with Crippen LogP contribution in [-0.2, 0) is 6.18 Å². The molecule has 0 unspecified atom stereocenters. The van der Waals surface area contributed by atoms with E-state index in [9.17, 15) is 23.1 Å². The smallest absolute Gasteiger partial charge is 0.416 e. The monoisotopic (exact) mass is 490 g/mol. The summed E-state index contributed by atoms with van der Waals surface area (Å²) in [5.41, 5.74) is -0.320. The van der Waals surface area contributed by atoms with Crippen molar-refractivity contribution >= 4 is 17.7 Å². The minimum absolute atomic E-state index is 0.127. The molecule has 0 saturated carbocycles. The van der Waals surface area contributed by atoms with Gasteiger partial charge in [0, 0.05) is 11.6 Å². The van der Waals surface area contributed by atoms with Crippen molar-refractivity contribution in [3.8, 4) is 22.9 Å². The zero-order valence-corrected chi connectivity index (χ0v) is 18.2. The molecule has 1 aromatic carbocycles. The quantitative estimate of drug-likeness (QED) is 0.485. The fourth-order valence-electron chi connectivity index (χ4n) is 3.28. The molecule has 3 heterocycles. The maximum absolute atomic E-state index is 13.1. The Morgan fingerprint density at radius 1 is 1.17 bits per heavy atom. The van der Waals surface area contributed by atoms with Gasteiger partial charge in [0.05, 0.1) is 24.4 Å². The average molecular weight is 490 g/mol. The number of carbonyl (C=O) groups is 1. The van der Waals surface area contributed by atoms with E-state index in [1.165, 1.54) is 35.2 Å². The second-order valence-electron chi connectivity index (χ2n) is 7.54. The number of aliphatic hydroxyl groups excluding tert-OH is 2. The summed E-state index contributed by atoms with van der Waals surface area (Å²) < 4.78 is 50.2. The van der Waals surface area contributed by atoms with Crippen LogP contribution in [0, 0.1) is 0 Å². The molecule has 2 aromatic heterocycles. The second kappa shape index (κ2) is 10.2. The van der Waals surface area contributed by atoms with Crippen molar-refractivity contribution < 1.29 is 37.7 Å². The van der Waals surface area contributed by atoms with Crippen LogP contribution in [-0.4, -0.2) is 58.7 Å². The number of rotatable bonds is 6. The number of ether oxygens (including phenoxy) is 2. The highest BCUT2D eigenvalue weighted by Crippen LogP contribution is 2.35. The summed E-state index contributed by atoms with van der Waals surface area (Å²) in [6.07, 6.45) is -5.57. The van der Waals surface area contributed by atoms with Gasteiger partial charge in [-0.05, 0) is 30.3 Å². The maximum Gasteiger partial charge on any atom is 0.416 e. The van der Waals surface area contributed by atoms with Gasteiger partial charge in [0.1, 0.15) is 25.1 Å². The number of nitrogens with zero attached hydrogens (tertiary/aromatic N) is 3. The molecular formula is C23H21F3N4O5. The van der Waals surface area contributed by atoms with Crippen LogP contribution in [0.1, 0.15) is 5.56 Å². The highest BCUT2D eigenvalue weighted by atomic mass is 19.4. The number of aromatic nitrogens is 2. The summed E-state index contributed by atoms with van der Waals surface area (Å²) in [5, 5.41) is 20.9. The highest BCUT2D eigenvalue weighted by Gasteiger charge is 2.31. The van der Waals surface area contributed by atoms with Crippen LogP contribution in [0.25, 0.3) is 11.3 Å². The standard InChI is InChI=1S/C23H21F3N4O5/c24-23(25,26)15-4-1-3-14(11-15)17-7-8-18-21(27-17)30(9-10-34-18)22(33)29-19-5-2-6-20(28-19)35-13-16(32)12-31/h1-8,11,16,31-32H,9-10,12-13H2,(H,28,29,33)/t16-/m0/s1. The number of carbonyl (C=O) groups excluding carboxylic acids is 1. The van der Waals surface area contributed by atoms with Crippen LogP contribution >= 0.6 is 0 Å². The molecule has 35 heavy (non-hydrogen) atoms. The first-order chi connectivity index (χ1) is 16.7. The average Bonchev–Trinajstić information content (AvgIpc) is 2.86. The lowest BCUT2D eigenvalue weighted by molar-refractivity contribution is -0.137. The van der Waals surface area contributed by atoms with E-state index in [1.807, 2.05) is 0 Å². The number of amides is 2. The molecule has 0 bridgehead atoms. The molecule has 1 aliphatic heterocycles. The summed E-state index contributed by atoms with van der Waals surface area (Å²) in [6, 6.07) is 11.9. The highest BCUT2D eigenvalue weighted by molar-refractivity contribution is 6.02. The number of aliphatic hydroxyl groups is 2. The van der Waals surface area contributed by atoms with Crippen molar-refractivity contribution in [2.75, 3.05) is 36.6 Å². The summed E-state index contributed by atoms with van der Waals surface area (Å²) in [4.78, 5) is 22.8. The predicted octanol–water partition coefficient (Wildman–Crippen LogP) is 3.33. The van der Waals surface area contributed by atoms with E-state index >= 15 is 0 Å². The third-order valence-electron chi connectivity index (χ3n) is 4.99. The van der Waals surface area contributed by atoms with Gasteiger partial charge in [0.15, 0.2) is 11.6 Å². The van der Waals surface area contributed by atoms with Gasteiger partial charge in [0.25, 0.3) is 0 Å². The molecule has 12 heteroatoms. The van der Waals surface area contributed by atoms with E-state index in [0.29, 0.717) is 5.75 Å². The third kappa shape index (κ3) is 5.78. The Bertz CT molecular complexity index is 1210. The van der Waals surface area contributed by atoms with E-state index < -0.39 is 30.5 Å². The van der Waals surface area contributed by atoms with Crippen molar-refractivity contribution in [1.82, 2.24) is 9.97 Å². The first-order valence-corrected chi connectivity index (χ1v) is 10.5. The van der Waals surface area contributed by atoms with Crippen LogP contribution in [0.15, 0.2) is 54.6 Å². The number of hydrogen-bond acceptors (Lipinski definition) is 7. The number of urea groups is 1. The predicted molar refractivity (Wildman–Crippen MR) is 119 cm³/mol. The van der Waals surface area contributed by atoms with Crippen LogP contribution in [0.4, 0.5) is 29.6 Å². The van der Waals surface area contributed by atoms with Crippen molar-refractivity contribution in [1.29, 1.82) is 0 Å². The zero-order chi connectivity index (χ0) is 25.0. The van der Waals surface area contributed by atoms with Gasteiger partial charge in [-0.2, -0.15) is 18.2 Å². The third-order valence-corrected chi connectivity index (χ3v) is 4.99. The lowest BCUT2D eigenvalue weighted by Crippen LogP contribution is -2.41. The Morgan fingerprint density at radius 2 is 1.97 bits per heavy atom. The van der Waals surface area contributed by atoms with E-state index in [2.05, 4.69) is 15.3 Å². The summed E-state index contributed by atoms with van der Waals surface area (Å²) in [7, 11) is 0. The molecule has 9 nitrogen and oxygen atoms in total. The number of nitrogens with one attached hydrogen (secondary N) is 1. The zero-order valence-electron chi connectivity index (χ0n) is 18.2. The van der Waals surface area contributed by atoms with Crippen molar-refractivity contribution in [2.24, 2.45) is 0 Å². The lowest BCUT2D eigenvalue weighted by atomic mass is 10.1. The lowest BCUT2D eigenvalue weighted by Gasteiger charge is -2.28. The summed E-state index contributed by atoms with van der Waals surface area (Å²) in [5.74, 6) is 0.753. The van der Waals surface area contributed by atoms with Gasteiger partial charge in [-0.1, -0.05) is 18.2 Å². The molecule has 0 saturated heterocycles. The Kier molecular flexibility index (Phi) is 7.03. The van der Waals surface area contributed by atoms with Crippen molar-refractivity contribution in [2.45, 2.75) is 12.3 Å². The minimum atomic E-state index is -4.50. The number of halogens is 3. The molecule has 1 aliphatic rings. The van der Waals surface area contributed by atoms with Crippen LogP contribution < -0.4 is 19.7 Å². The number of fused-ring (bicyclic) bond motifs is 1. The number of benzene rings is 1. The number of alkyl halides is 3. The van der Waals surface area contributed by atoms with Crippen molar-refractivity contribution in [3.63, 3.8) is 0 Å². The molecule has 0 fully saturated rings. The molecule has 1 atom stereocenters. The Balaban J connectivity index is 1.55. The normalized spacial score (nSPS) is 14.0. The second-order valence-corrected chi connectivity index (χ2v) is 7.54. The molecule has 4 rings (SSSR count). The van der Waals surface area contributed by atoms with Crippen LogP contribution in [0.3, 0.4) is 0 Å². The fraction of sp³-hybridized carbons (Fsp3) is 0.261. The van der Waals surface area contributed by atoms with E-state index in [-0.39, 0.29) is 48.5 Å². The maximum atomic E-state index is 13.1. The topological polar surface area (TPSA) is 117 Å². The Morgan fingerprint density at radius 3 is 2.74 bits per heavy atom. The molecule has 3 aromatic rings. The fourth-order valence-corrected chi connectivity index (χ4v) is 3.28. The van der Waals surface area contributed by atoms with Gasteiger partial charge in [-0.3, -0.25) is 10.2 Å². The van der Waals surface area contributed by atoms with E-state index in [4.69, 9.17) is 14.6 Å². The van der Waals surface area contributed by atoms with E-state index in [1.54, 1.807) is 12.1 Å². The van der Waals surface area contributed by atoms with Crippen LogP contribution in [0.5, 0.6) is 11.6 Å². The molecule has 0 radical (unpaired) electrons. The van der Waals surface area contributed by atoms with Gasteiger partial charge < -0.3 is 19.7 Å². The summed E-state index contributed by atoms with van der Waals surface area (Å²) in [6.45, 7) is -0.306. The largest absolute Gasteiger partial charge is 0.488 e. The van der Waals surface area contributed by atoms with Gasteiger partial charge in [-0.15, -0.1) is 0 Å². The summed E-state index contributed by atoms with van der Waals surface area (Å²) >= 11 is 0. The Hall–Kier alpha value is -3.90. The van der Waals surface area contributed by atoms with Gasteiger partial charge >= 0.3 is 12.2 Å². The molecule has 0 aliphatic carbocycles. The molecule has 2 amide bonds. The first kappa shape index (κ1) is 24.2.